The van der Waals surface area contributed by atoms with Crippen molar-refractivity contribution in [3.05, 3.63) is 53.2 Å². The van der Waals surface area contributed by atoms with Gasteiger partial charge in [-0.1, -0.05) is 49.6 Å². The van der Waals surface area contributed by atoms with Crippen molar-refractivity contribution >= 4 is 11.6 Å². The highest BCUT2D eigenvalue weighted by atomic mass is 16.5. The summed E-state index contributed by atoms with van der Waals surface area (Å²) in [6, 6.07) is 10.3. The summed E-state index contributed by atoms with van der Waals surface area (Å²) in [5.74, 6) is 0.709. The molecule has 1 amide bonds. The molecule has 138 valence electrons. The first kappa shape index (κ1) is 18.4. The Labute approximate surface area is 156 Å². The smallest absolute Gasteiger partial charge is 0.235 e. The standard InChI is InChI=1S/C22H28N2O2/c1-4-13-26-20-17(3)14-19(15-23-20)24-21(25)22(11-5-6-12-22)18-9-7-16(2)8-10-18/h7-10,14-15H,4-6,11-13H2,1-3H3,(H,24,25). The lowest BCUT2D eigenvalue weighted by molar-refractivity contribution is -0.121. The molecule has 0 saturated heterocycles. The number of rotatable bonds is 6. The first-order chi connectivity index (χ1) is 12.5. The molecule has 4 heteroatoms. The molecule has 1 aliphatic carbocycles. The quantitative estimate of drug-likeness (QED) is 0.801. The van der Waals surface area contributed by atoms with E-state index in [1.807, 2.05) is 13.0 Å². The van der Waals surface area contributed by atoms with Gasteiger partial charge in [0.1, 0.15) is 0 Å². The van der Waals surface area contributed by atoms with Crippen LogP contribution in [0.15, 0.2) is 36.5 Å². The Kier molecular flexibility index (Phi) is 5.60. The second-order valence-electron chi connectivity index (χ2n) is 7.30. The largest absolute Gasteiger partial charge is 0.477 e. The van der Waals surface area contributed by atoms with E-state index in [2.05, 4.69) is 48.4 Å². The molecule has 0 aliphatic heterocycles. The van der Waals surface area contributed by atoms with Gasteiger partial charge in [-0.05, 0) is 44.7 Å². The summed E-state index contributed by atoms with van der Waals surface area (Å²) < 4.78 is 5.62. The molecular weight excluding hydrogens is 324 g/mol. The Bertz CT molecular complexity index is 762. The molecule has 3 rings (SSSR count). The number of benzene rings is 1. The molecule has 2 aromatic rings. The maximum Gasteiger partial charge on any atom is 0.235 e. The zero-order valence-corrected chi connectivity index (χ0v) is 16.0. The lowest BCUT2D eigenvalue weighted by atomic mass is 9.77. The average Bonchev–Trinajstić information content (AvgIpc) is 3.13. The second kappa shape index (κ2) is 7.90. The van der Waals surface area contributed by atoms with E-state index >= 15 is 0 Å². The van der Waals surface area contributed by atoms with Crippen molar-refractivity contribution in [1.82, 2.24) is 4.98 Å². The van der Waals surface area contributed by atoms with Gasteiger partial charge in [-0.3, -0.25) is 4.79 Å². The summed E-state index contributed by atoms with van der Waals surface area (Å²) in [5, 5.41) is 3.10. The Morgan fingerprint density at radius 2 is 1.88 bits per heavy atom. The summed E-state index contributed by atoms with van der Waals surface area (Å²) in [6.45, 7) is 6.74. The first-order valence-electron chi connectivity index (χ1n) is 9.53. The average molecular weight is 352 g/mol. The highest BCUT2D eigenvalue weighted by Crippen LogP contribution is 2.42. The molecule has 0 spiro atoms. The van der Waals surface area contributed by atoms with Crippen LogP contribution in [-0.4, -0.2) is 17.5 Å². The van der Waals surface area contributed by atoms with Gasteiger partial charge in [0.15, 0.2) is 0 Å². The number of anilines is 1. The first-order valence-corrected chi connectivity index (χ1v) is 9.53. The predicted molar refractivity (Wildman–Crippen MR) is 105 cm³/mol. The van der Waals surface area contributed by atoms with E-state index in [9.17, 15) is 4.79 Å². The maximum absolute atomic E-state index is 13.2. The molecule has 26 heavy (non-hydrogen) atoms. The highest BCUT2D eigenvalue weighted by molar-refractivity contribution is 5.99. The molecule has 0 radical (unpaired) electrons. The van der Waals surface area contributed by atoms with Gasteiger partial charge in [0, 0.05) is 5.56 Å². The Morgan fingerprint density at radius 3 is 2.50 bits per heavy atom. The van der Waals surface area contributed by atoms with Gasteiger partial charge in [-0.15, -0.1) is 0 Å². The van der Waals surface area contributed by atoms with Gasteiger partial charge in [-0.2, -0.15) is 0 Å². The summed E-state index contributed by atoms with van der Waals surface area (Å²) in [5.41, 5.74) is 3.57. The maximum atomic E-state index is 13.2. The third kappa shape index (κ3) is 3.74. The Morgan fingerprint density at radius 1 is 1.19 bits per heavy atom. The number of hydrogen-bond donors (Lipinski definition) is 1. The molecular formula is C22H28N2O2. The van der Waals surface area contributed by atoms with Gasteiger partial charge in [0.2, 0.25) is 11.8 Å². The van der Waals surface area contributed by atoms with Crippen molar-refractivity contribution in [3.8, 4) is 5.88 Å². The van der Waals surface area contributed by atoms with E-state index in [0.717, 1.165) is 48.9 Å². The summed E-state index contributed by atoms with van der Waals surface area (Å²) >= 11 is 0. The number of amides is 1. The number of nitrogens with zero attached hydrogens (tertiary/aromatic N) is 1. The van der Waals surface area contributed by atoms with Crippen LogP contribution in [0.1, 0.15) is 55.7 Å². The van der Waals surface area contributed by atoms with Gasteiger partial charge >= 0.3 is 0 Å². The number of aryl methyl sites for hydroxylation is 2. The van der Waals surface area contributed by atoms with Crippen LogP contribution in [-0.2, 0) is 10.2 Å². The number of carbonyl (C=O) groups excluding carboxylic acids is 1. The van der Waals surface area contributed by atoms with E-state index in [1.165, 1.54) is 5.56 Å². The molecule has 0 bridgehead atoms. The molecule has 1 N–H and O–H groups in total. The fourth-order valence-electron chi connectivity index (χ4n) is 3.73. The minimum absolute atomic E-state index is 0.0716. The normalized spacial score (nSPS) is 15.7. The van der Waals surface area contributed by atoms with Gasteiger partial charge < -0.3 is 10.1 Å². The topological polar surface area (TPSA) is 51.2 Å². The molecule has 1 aromatic heterocycles. The van der Waals surface area contributed by atoms with Crippen LogP contribution in [0.3, 0.4) is 0 Å². The Balaban J connectivity index is 1.81. The molecule has 0 atom stereocenters. The number of aromatic nitrogens is 1. The van der Waals surface area contributed by atoms with Crippen molar-refractivity contribution in [2.45, 2.75) is 58.3 Å². The van der Waals surface area contributed by atoms with Crippen LogP contribution in [0.5, 0.6) is 5.88 Å². The van der Waals surface area contributed by atoms with Crippen molar-refractivity contribution in [3.63, 3.8) is 0 Å². The zero-order valence-electron chi connectivity index (χ0n) is 16.0. The minimum atomic E-state index is -0.432. The van der Waals surface area contributed by atoms with E-state index in [-0.39, 0.29) is 5.91 Å². The number of carbonyl (C=O) groups is 1. The summed E-state index contributed by atoms with van der Waals surface area (Å²) in [7, 11) is 0. The molecule has 1 heterocycles. The van der Waals surface area contributed by atoms with Crippen LogP contribution in [0, 0.1) is 13.8 Å². The van der Waals surface area contributed by atoms with E-state index in [1.54, 1.807) is 6.20 Å². The molecule has 1 aliphatic rings. The molecule has 0 unspecified atom stereocenters. The SMILES string of the molecule is CCCOc1ncc(NC(=O)C2(c3ccc(C)cc3)CCCC2)cc1C. The fourth-order valence-corrected chi connectivity index (χ4v) is 3.73. The predicted octanol–water partition coefficient (Wildman–Crippen LogP) is 4.94. The van der Waals surface area contributed by atoms with Crippen LogP contribution < -0.4 is 10.1 Å². The van der Waals surface area contributed by atoms with Crippen LogP contribution in [0.4, 0.5) is 5.69 Å². The lowest BCUT2D eigenvalue weighted by Crippen LogP contribution is -2.38. The number of ether oxygens (including phenoxy) is 1. The fraction of sp³-hybridized carbons (Fsp3) is 0.455. The van der Waals surface area contributed by atoms with E-state index in [4.69, 9.17) is 4.74 Å². The molecule has 4 nitrogen and oxygen atoms in total. The molecule has 1 aromatic carbocycles. The van der Waals surface area contributed by atoms with Crippen LogP contribution >= 0.6 is 0 Å². The lowest BCUT2D eigenvalue weighted by Gasteiger charge is -2.28. The van der Waals surface area contributed by atoms with Crippen molar-refractivity contribution in [2.75, 3.05) is 11.9 Å². The van der Waals surface area contributed by atoms with E-state index in [0.29, 0.717) is 12.5 Å². The van der Waals surface area contributed by atoms with Crippen LogP contribution in [0.25, 0.3) is 0 Å². The number of pyridine rings is 1. The minimum Gasteiger partial charge on any atom is -0.477 e. The van der Waals surface area contributed by atoms with Gasteiger partial charge in [0.05, 0.1) is 23.9 Å². The van der Waals surface area contributed by atoms with Gasteiger partial charge in [-0.25, -0.2) is 4.98 Å². The van der Waals surface area contributed by atoms with E-state index < -0.39 is 5.41 Å². The van der Waals surface area contributed by atoms with Crippen molar-refractivity contribution in [2.24, 2.45) is 0 Å². The highest BCUT2D eigenvalue weighted by Gasteiger charge is 2.42. The zero-order chi connectivity index (χ0) is 18.6. The van der Waals surface area contributed by atoms with Crippen molar-refractivity contribution in [1.29, 1.82) is 0 Å². The third-order valence-electron chi connectivity index (χ3n) is 5.23. The second-order valence-corrected chi connectivity index (χ2v) is 7.30. The third-order valence-corrected chi connectivity index (χ3v) is 5.23. The summed E-state index contributed by atoms with van der Waals surface area (Å²) in [6.07, 6.45) is 6.59. The van der Waals surface area contributed by atoms with Crippen LogP contribution in [0.2, 0.25) is 0 Å². The number of hydrogen-bond acceptors (Lipinski definition) is 3. The summed E-state index contributed by atoms with van der Waals surface area (Å²) in [4.78, 5) is 17.6. The number of nitrogens with one attached hydrogen (secondary N) is 1. The molecule has 1 fully saturated rings. The monoisotopic (exact) mass is 352 g/mol. The van der Waals surface area contributed by atoms with Crippen molar-refractivity contribution < 1.29 is 9.53 Å². The molecule has 1 saturated carbocycles. The Hall–Kier alpha value is -2.36. The van der Waals surface area contributed by atoms with Gasteiger partial charge in [0.25, 0.3) is 0 Å².